The van der Waals surface area contributed by atoms with Crippen LogP contribution in [0.3, 0.4) is 0 Å². The average Bonchev–Trinajstić information content (AvgIpc) is 2.43. The van der Waals surface area contributed by atoms with E-state index in [0.717, 1.165) is 30.3 Å². The summed E-state index contributed by atoms with van der Waals surface area (Å²) >= 11 is 0. The molecular weight excluding hydrogens is 226 g/mol. The molecule has 1 heterocycles. The van der Waals surface area contributed by atoms with Gasteiger partial charge in [0.15, 0.2) is 0 Å². The number of hydrogen-bond acceptors (Lipinski definition) is 3. The number of rotatable bonds is 5. The number of carbonyl (C=O) groups excluding carboxylic acids is 1. The third-order valence-corrected chi connectivity index (χ3v) is 2.75. The van der Waals surface area contributed by atoms with Gasteiger partial charge in [-0.05, 0) is 18.6 Å². The van der Waals surface area contributed by atoms with Crippen molar-refractivity contribution >= 4 is 16.9 Å². The van der Waals surface area contributed by atoms with Gasteiger partial charge in [-0.2, -0.15) is 0 Å². The van der Waals surface area contributed by atoms with E-state index in [-0.39, 0.29) is 5.91 Å². The second-order valence-electron chi connectivity index (χ2n) is 4.21. The molecule has 2 rings (SSSR count). The molecule has 18 heavy (non-hydrogen) atoms. The highest BCUT2D eigenvalue weighted by atomic mass is 16.1. The first kappa shape index (κ1) is 12.5. The summed E-state index contributed by atoms with van der Waals surface area (Å²) in [6.45, 7) is 2.83. The predicted molar refractivity (Wildman–Crippen MR) is 71.4 cm³/mol. The van der Waals surface area contributed by atoms with E-state index in [9.17, 15) is 4.79 Å². The Hall–Kier alpha value is -1.97. The van der Waals surface area contributed by atoms with Gasteiger partial charge in [-0.1, -0.05) is 31.9 Å². The van der Waals surface area contributed by atoms with Crippen molar-refractivity contribution < 1.29 is 4.79 Å². The average molecular weight is 243 g/mol. The lowest BCUT2D eigenvalue weighted by atomic mass is 10.2. The number of unbranched alkanes of at least 4 members (excludes halogenated alkanes) is 2. The zero-order valence-electron chi connectivity index (χ0n) is 10.5. The van der Waals surface area contributed by atoms with Crippen LogP contribution in [0.2, 0.25) is 0 Å². The van der Waals surface area contributed by atoms with E-state index in [0.29, 0.717) is 12.2 Å². The van der Waals surface area contributed by atoms with Crippen molar-refractivity contribution in [3.05, 3.63) is 36.2 Å². The predicted octanol–water partition coefficient (Wildman–Crippen LogP) is 2.55. The number of fused-ring (bicyclic) bond motifs is 1. The fourth-order valence-corrected chi connectivity index (χ4v) is 1.73. The van der Waals surface area contributed by atoms with Crippen molar-refractivity contribution in [1.82, 2.24) is 15.3 Å². The molecule has 4 nitrogen and oxygen atoms in total. The maximum atomic E-state index is 11.8. The molecule has 0 aliphatic heterocycles. The molecule has 0 radical (unpaired) electrons. The summed E-state index contributed by atoms with van der Waals surface area (Å²) in [5.41, 5.74) is 1.93. The molecule has 94 valence electrons. The molecule has 0 unspecified atom stereocenters. The smallest absolute Gasteiger partial charge is 0.271 e. The molecular formula is C14H17N3O. The van der Waals surface area contributed by atoms with Crippen LogP contribution in [0.25, 0.3) is 11.0 Å². The Morgan fingerprint density at radius 3 is 2.78 bits per heavy atom. The first-order valence-electron chi connectivity index (χ1n) is 6.31. The van der Waals surface area contributed by atoms with Gasteiger partial charge in [0.05, 0.1) is 17.2 Å². The minimum atomic E-state index is -0.149. The van der Waals surface area contributed by atoms with Crippen molar-refractivity contribution in [2.24, 2.45) is 0 Å². The lowest BCUT2D eigenvalue weighted by molar-refractivity contribution is 0.0948. The van der Waals surface area contributed by atoms with Gasteiger partial charge >= 0.3 is 0 Å². The highest BCUT2D eigenvalue weighted by molar-refractivity contribution is 5.93. The summed E-state index contributed by atoms with van der Waals surface area (Å²) in [6, 6.07) is 7.53. The Morgan fingerprint density at radius 1 is 1.22 bits per heavy atom. The Kier molecular flexibility index (Phi) is 4.23. The number of nitrogens with zero attached hydrogens (tertiary/aromatic N) is 2. The summed E-state index contributed by atoms with van der Waals surface area (Å²) in [7, 11) is 0. The van der Waals surface area contributed by atoms with E-state index in [1.165, 1.54) is 6.20 Å². The summed E-state index contributed by atoms with van der Waals surface area (Å²) in [5, 5.41) is 2.86. The molecule has 1 aromatic heterocycles. The SMILES string of the molecule is CCCCCNC(=O)c1cnc2ccccc2n1. The van der Waals surface area contributed by atoms with Crippen LogP contribution in [0.1, 0.15) is 36.7 Å². The molecule has 0 atom stereocenters. The molecule has 1 N–H and O–H groups in total. The van der Waals surface area contributed by atoms with Crippen LogP contribution < -0.4 is 5.32 Å². The molecule has 0 spiro atoms. The van der Waals surface area contributed by atoms with E-state index in [1.807, 2.05) is 24.3 Å². The van der Waals surface area contributed by atoms with Gasteiger partial charge in [0, 0.05) is 6.54 Å². The minimum absolute atomic E-state index is 0.149. The lowest BCUT2D eigenvalue weighted by Gasteiger charge is -2.04. The largest absolute Gasteiger partial charge is 0.351 e. The Bertz CT molecular complexity index is 539. The fraction of sp³-hybridized carbons (Fsp3) is 0.357. The molecule has 2 aromatic rings. The Labute approximate surface area is 106 Å². The van der Waals surface area contributed by atoms with Gasteiger partial charge in [-0.25, -0.2) is 4.98 Å². The Morgan fingerprint density at radius 2 is 2.00 bits per heavy atom. The van der Waals surface area contributed by atoms with Crippen LogP contribution >= 0.6 is 0 Å². The number of aromatic nitrogens is 2. The number of carbonyl (C=O) groups is 1. The number of benzene rings is 1. The monoisotopic (exact) mass is 243 g/mol. The number of nitrogens with one attached hydrogen (secondary N) is 1. The van der Waals surface area contributed by atoms with Gasteiger partial charge in [-0.15, -0.1) is 0 Å². The number of amides is 1. The van der Waals surface area contributed by atoms with E-state index in [4.69, 9.17) is 0 Å². The number of hydrogen-bond donors (Lipinski definition) is 1. The van der Waals surface area contributed by atoms with E-state index >= 15 is 0 Å². The van der Waals surface area contributed by atoms with Crippen molar-refractivity contribution in [1.29, 1.82) is 0 Å². The summed E-state index contributed by atoms with van der Waals surface area (Å²) in [5.74, 6) is -0.149. The lowest BCUT2D eigenvalue weighted by Crippen LogP contribution is -2.25. The van der Waals surface area contributed by atoms with Crippen LogP contribution in [0, 0.1) is 0 Å². The number of para-hydroxylation sites is 2. The van der Waals surface area contributed by atoms with Crippen LogP contribution in [0.4, 0.5) is 0 Å². The third-order valence-electron chi connectivity index (χ3n) is 2.75. The van der Waals surface area contributed by atoms with E-state index in [1.54, 1.807) is 0 Å². The molecule has 0 aliphatic carbocycles. The highest BCUT2D eigenvalue weighted by Crippen LogP contribution is 2.08. The summed E-state index contributed by atoms with van der Waals surface area (Å²) in [6.07, 6.45) is 4.80. The fourth-order valence-electron chi connectivity index (χ4n) is 1.73. The third kappa shape index (κ3) is 3.03. The van der Waals surface area contributed by atoms with Crippen LogP contribution in [0.15, 0.2) is 30.5 Å². The van der Waals surface area contributed by atoms with Gasteiger partial charge in [0.1, 0.15) is 5.69 Å². The zero-order valence-corrected chi connectivity index (χ0v) is 10.5. The molecule has 0 saturated carbocycles. The van der Waals surface area contributed by atoms with Crippen molar-refractivity contribution in [3.63, 3.8) is 0 Å². The van der Waals surface area contributed by atoms with E-state index in [2.05, 4.69) is 22.2 Å². The van der Waals surface area contributed by atoms with Gasteiger partial charge in [0.2, 0.25) is 0 Å². The van der Waals surface area contributed by atoms with Crippen molar-refractivity contribution in [2.75, 3.05) is 6.54 Å². The second kappa shape index (κ2) is 6.10. The molecule has 1 amide bonds. The molecule has 4 heteroatoms. The van der Waals surface area contributed by atoms with Crippen molar-refractivity contribution in [2.45, 2.75) is 26.2 Å². The van der Waals surface area contributed by atoms with Crippen LogP contribution in [0.5, 0.6) is 0 Å². The summed E-state index contributed by atoms with van der Waals surface area (Å²) < 4.78 is 0. The quantitative estimate of drug-likeness (QED) is 0.821. The minimum Gasteiger partial charge on any atom is -0.351 e. The molecule has 0 aliphatic rings. The molecule has 0 fully saturated rings. The van der Waals surface area contributed by atoms with Gasteiger partial charge < -0.3 is 5.32 Å². The molecule has 0 bridgehead atoms. The molecule has 1 aromatic carbocycles. The highest BCUT2D eigenvalue weighted by Gasteiger charge is 2.07. The first-order chi connectivity index (χ1) is 8.81. The van der Waals surface area contributed by atoms with Gasteiger partial charge in [-0.3, -0.25) is 9.78 Å². The molecule has 0 saturated heterocycles. The Balaban J connectivity index is 2.04. The topological polar surface area (TPSA) is 54.9 Å². The standard InChI is InChI=1S/C14H17N3O/c1-2-3-6-9-15-14(18)13-10-16-11-7-4-5-8-12(11)17-13/h4-5,7-8,10H,2-3,6,9H2,1H3,(H,15,18). The normalized spacial score (nSPS) is 10.5. The van der Waals surface area contributed by atoms with Crippen LogP contribution in [-0.4, -0.2) is 22.4 Å². The van der Waals surface area contributed by atoms with E-state index < -0.39 is 0 Å². The van der Waals surface area contributed by atoms with Crippen molar-refractivity contribution in [3.8, 4) is 0 Å². The first-order valence-corrected chi connectivity index (χ1v) is 6.31. The summed E-state index contributed by atoms with van der Waals surface area (Å²) in [4.78, 5) is 20.4. The second-order valence-corrected chi connectivity index (χ2v) is 4.21. The maximum absolute atomic E-state index is 11.8. The van der Waals surface area contributed by atoms with Crippen LogP contribution in [-0.2, 0) is 0 Å². The maximum Gasteiger partial charge on any atom is 0.271 e. The zero-order chi connectivity index (χ0) is 12.8. The van der Waals surface area contributed by atoms with Gasteiger partial charge in [0.25, 0.3) is 5.91 Å².